The van der Waals surface area contributed by atoms with E-state index in [2.05, 4.69) is 30.6 Å². The van der Waals surface area contributed by atoms with Crippen LogP contribution in [0.1, 0.15) is 181 Å². The molecule has 4 heteroatoms. The van der Waals surface area contributed by atoms with Crippen molar-refractivity contribution in [2.45, 2.75) is 181 Å². The number of carbonyl (C=O) groups excluding carboxylic acids is 1. The van der Waals surface area contributed by atoms with Crippen molar-refractivity contribution in [3.63, 3.8) is 0 Å². The molecule has 1 amide bonds. The first-order valence-electron chi connectivity index (χ1n) is 17.8. The number of aliphatic hydroxyl groups is 1. The van der Waals surface area contributed by atoms with E-state index < -0.39 is 0 Å². The topological polar surface area (TPSA) is 43.8 Å². The van der Waals surface area contributed by atoms with E-state index >= 15 is 0 Å². The van der Waals surface area contributed by atoms with Crippen molar-refractivity contribution in [3.05, 3.63) is 0 Å². The summed E-state index contributed by atoms with van der Waals surface area (Å²) in [6.45, 7) is 12.7. The highest BCUT2D eigenvalue weighted by atomic mass is 16.2. The molecular weight excluding hydrogens is 480 g/mol. The molecule has 0 bridgehead atoms. The summed E-state index contributed by atoms with van der Waals surface area (Å²) in [5.41, 5.74) is 0. The van der Waals surface area contributed by atoms with Crippen molar-refractivity contribution in [2.24, 2.45) is 0 Å². The molecule has 0 spiro atoms. The van der Waals surface area contributed by atoms with Gasteiger partial charge in [-0.15, -0.1) is 0 Å². The Morgan fingerprint density at radius 1 is 0.436 bits per heavy atom. The standard InChI is InChI=1S/C35H72N2O2/c1-4-7-10-13-17-22-29-36(31-24-20-27-34-38)30-23-18-15-16-21-28-35(39)37(32-25-12-9-6-3)33-26-19-14-11-8-5-2/h38H,4-34H2,1-3H3. The molecule has 0 heterocycles. The molecule has 1 N–H and O–H groups in total. The minimum absolute atomic E-state index is 0.329. The van der Waals surface area contributed by atoms with Crippen LogP contribution in [-0.2, 0) is 4.79 Å². The van der Waals surface area contributed by atoms with Gasteiger partial charge in [0.1, 0.15) is 0 Å². The first-order chi connectivity index (χ1) is 19.2. The predicted octanol–water partition coefficient (Wildman–Crippen LogP) is 9.92. The van der Waals surface area contributed by atoms with E-state index in [1.165, 1.54) is 154 Å². The van der Waals surface area contributed by atoms with Gasteiger partial charge in [0.25, 0.3) is 0 Å². The van der Waals surface area contributed by atoms with Gasteiger partial charge in [-0.25, -0.2) is 0 Å². The lowest BCUT2D eigenvalue weighted by Crippen LogP contribution is -2.32. The Bertz CT molecular complexity index is 485. The summed E-state index contributed by atoms with van der Waals surface area (Å²) >= 11 is 0. The van der Waals surface area contributed by atoms with Crippen molar-refractivity contribution in [2.75, 3.05) is 39.3 Å². The van der Waals surface area contributed by atoms with Gasteiger partial charge in [-0.05, 0) is 71.0 Å². The normalized spacial score (nSPS) is 11.5. The maximum absolute atomic E-state index is 13.0. The van der Waals surface area contributed by atoms with Crippen molar-refractivity contribution in [3.8, 4) is 0 Å². The SMILES string of the molecule is CCCCCCCCN(CCCCCO)CCCCCCCC(=O)N(CCCCCC)CCCCCCCC. The lowest BCUT2D eigenvalue weighted by atomic mass is 10.1. The van der Waals surface area contributed by atoms with E-state index in [0.29, 0.717) is 12.5 Å². The molecule has 0 rings (SSSR count). The average Bonchev–Trinajstić information content (AvgIpc) is 2.94. The summed E-state index contributed by atoms with van der Waals surface area (Å²) in [4.78, 5) is 17.9. The lowest BCUT2D eigenvalue weighted by Gasteiger charge is -2.23. The zero-order valence-electron chi connectivity index (χ0n) is 27.2. The molecular formula is C35H72N2O2. The Kier molecular flexibility index (Phi) is 31.4. The van der Waals surface area contributed by atoms with Crippen molar-refractivity contribution < 1.29 is 9.90 Å². The molecule has 39 heavy (non-hydrogen) atoms. The van der Waals surface area contributed by atoms with Crippen LogP contribution in [0.5, 0.6) is 0 Å². The van der Waals surface area contributed by atoms with Crippen molar-refractivity contribution >= 4 is 5.91 Å². The van der Waals surface area contributed by atoms with E-state index in [1.807, 2.05) is 0 Å². The first kappa shape index (κ1) is 38.4. The average molecular weight is 553 g/mol. The lowest BCUT2D eigenvalue weighted by molar-refractivity contribution is -0.131. The van der Waals surface area contributed by atoms with E-state index in [4.69, 9.17) is 5.11 Å². The number of aliphatic hydroxyl groups excluding tert-OH is 1. The number of rotatable bonds is 32. The Labute approximate surface area is 246 Å². The van der Waals surface area contributed by atoms with Gasteiger partial charge in [0.15, 0.2) is 0 Å². The predicted molar refractivity (Wildman–Crippen MR) is 173 cm³/mol. The number of carbonyl (C=O) groups is 1. The molecule has 0 aromatic heterocycles. The number of amides is 1. The fourth-order valence-corrected chi connectivity index (χ4v) is 5.55. The van der Waals surface area contributed by atoms with Gasteiger partial charge < -0.3 is 14.9 Å². The van der Waals surface area contributed by atoms with E-state index in [0.717, 1.165) is 38.8 Å². The third-order valence-corrected chi connectivity index (χ3v) is 8.24. The van der Waals surface area contributed by atoms with Crippen LogP contribution in [0.2, 0.25) is 0 Å². The second-order valence-corrected chi connectivity index (χ2v) is 12.1. The zero-order valence-corrected chi connectivity index (χ0v) is 27.2. The smallest absolute Gasteiger partial charge is 0.222 e. The van der Waals surface area contributed by atoms with E-state index in [9.17, 15) is 4.79 Å². The van der Waals surface area contributed by atoms with Crippen LogP contribution in [-0.4, -0.2) is 60.1 Å². The highest BCUT2D eigenvalue weighted by molar-refractivity contribution is 5.76. The van der Waals surface area contributed by atoms with Crippen LogP contribution in [0, 0.1) is 0 Å². The van der Waals surface area contributed by atoms with Crippen LogP contribution < -0.4 is 0 Å². The van der Waals surface area contributed by atoms with Crippen LogP contribution >= 0.6 is 0 Å². The maximum atomic E-state index is 13.0. The Morgan fingerprint density at radius 3 is 1.21 bits per heavy atom. The fourth-order valence-electron chi connectivity index (χ4n) is 5.55. The molecule has 0 aliphatic rings. The highest BCUT2D eigenvalue weighted by Crippen LogP contribution is 2.13. The summed E-state index contributed by atoms with van der Waals surface area (Å²) in [5, 5.41) is 9.08. The van der Waals surface area contributed by atoms with Crippen molar-refractivity contribution in [1.29, 1.82) is 0 Å². The van der Waals surface area contributed by atoms with Gasteiger partial charge in [0.05, 0.1) is 0 Å². The Hall–Kier alpha value is -0.610. The minimum Gasteiger partial charge on any atom is -0.396 e. The molecule has 0 aromatic rings. The molecule has 4 nitrogen and oxygen atoms in total. The summed E-state index contributed by atoms with van der Waals surface area (Å²) in [6.07, 6.45) is 31.1. The molecule has 0 aromatic carbocycles. The Morgan fingerprint density at radius 2 is 0.769 bits per heavy atom. The first-order valence-corrected chi connectivity index (χ1v) is 17.8. The van der Waals surface area contributed by atoms with Crippen LogP contribution in [0.4, 0.5) is 0 Å². The van der Waals surface area contributed by atoms with Gasteiger partial charge in [0, 0.05) is 26.1 Å². The van der Waals surface area contributed by atoms with Gasteiger partial charge in [0.2, 0.25) is 5.91 Å². The summed E-state index contributed by atoms with van der Waals surface area (Å²) in [6, 6.07) is 0. The molecule has 0 aliphatic heterocycles. The molecule has 0 aliphatic carbocycles. The number of hydrogen-bond acceptors (Lipinski definition) is 3. The molecule has 0 fully saturated rings. The third-order valence-electron chi connectivity index (χ3n) is 8.24. The van der Waals surface area contributed by atoms with E-state index in [1.54, 1.807) is 0 Å². The quantitative estimate of drug-likeness (QED) is 0.0844. The molecule has 0 unspecified atom stereocenters. The van der Waals surface area contributed by atoms with Gasteiger partial charge in [-0.1, -0.05) is 124 Å². The molecule has 0 atom stereocenters. The molecule has 0 saturated heterocycles. The van der Waals surface area contributed by atoms with Gasteiger partial charge in [-0.3, -0.25) is 4.79 Å². The Balaban J connectivity index is 4.17. The molecule has 0 radical (unpaired) electrons. The summed E-state index contributed by atoms with van der Waals surface area (Å²) in [5.74, 6) is 0.410. The van der Waals surface area contributed by atoms with Crippen LogP contribution in [0.15, 0.2) is 0 Å². The number of unbranched alkanes of at least 4 members (excludes halogenated alkanes) is 19. The number of nitrogens with zero attached hydrogens (tertiary/aromatic N) is 2. The third kappa shape index (κ3) is 27.3. The highest BCUT2D eigenvalue weighted by Gasteiger charge is 2.12. The second kappa shape index (κ2) is 31.9. The monoisotopic (exact) mass is 553 g/mol. The zero-order chi connectivity index (χ0) is 28.7. The van der Waals surface area contributed by atoms with Gasteiger partial charge in [-0.2, -0.15) is 0 Å². The van der Waals surface area contributed by atoms with Crippen LogP contribution in [0.3, 0.4) is 0 Å². The maximum Gasteiger partial charge on any atom is 0.222 e. The van der Waals surface area contributed by atoms with Gasteiger partial charge >= 0.3 is 0 Å². The molecule has 234 valence electrons. The summed E-state index contributed by atoms with van der Waals surface area (Å²) in [7, 11) is 0. The van der Waals surface area contributed by atoms with E-state index in [-0.39, 0.29) is 0 Å². The van der Waals surface area contributed by atoms with Crippen molar-refractivity contribution in [1.82, 2.24) is 9.80 Å². The summed E-state index contributed by atoms with van der Waals surface area (Å²) < 4.78 is 0. The largest absolute Gasteiger partial charge is 0.396 e. The molecule has 0 saturated carbocycles. The van der Waals surface area contributed by atoms with Crippen LogP contribution in [0.25, 0.3) is 0 Å². The minimum atomic E-state index is 0.329. The fraction of sp³-hybridized carbons (Fsp3) is 0.971. The second-order valence-electron chi connectivity index (χ2n) is 12.1. The number of hydrogen-bond donors (Lipinski definition) is 1.